The number of nitro benzene ring substituents is 1. The number of nitro groups is 1. The predicted molar refractivity (Wildman–Crippen MR) is 133 cm³/mol. The number of amides is 2. The van der Waals surface area contributed by atoms with Gasteiger partial charge in [-0.2, -0.15) is 5.26 Å². The Balaban J connectivity index is 1.67. The van der Waals surface area contributed by atoms with Gasteiger partial charge >= 0.3 is 0 Å². The summed E-state index contributed by atoms with van der Waals surface area (Å²) in [7, 11) is 0. The number of thioether (sulfide) groups is 1. The van der Waals surface area contributed by atoms with Gasteiger partial charge in [0.15, 0.2) is 0 Å². The van der Waals surface area contributed by atoms with Gasteiger partial charge in [0.05, 0.1) is 10.2 Å². The highest BCUT2D eigenvalue weighted by Gasteiger charge is 2.41. The topological polar surface area (TPSA) is 116 Å². The molecular weight excluding hydrogens is 483 g/mol. The van der Waals surface area contributed by atoms with Gasteiger partial charge in [0, 0.05) is 24.4 Å². The van der Waals surface area contributed by atoms with Gasteiger partial charge in [-0.1, -0.05) is 54.2 Å². The fourth-order valence-corrected chi connectivity index (χ4v) is 5.00. The summed E-state index contributed by atoms with van der Waals surface area (Å²) in [5.74, 6) is -1.57. The van der Waals surface area contributed by atoms with E-state index < -0.39 is 27.8 Å². The van der Waals surface area contributed by atoms with E-state index in [0.717, 1.165) is 17.3 Å². The Kier molecular flexibility index (Phi) is 7.42. The number of benzene rings is 3. The van der Waals surface area contributed by atoms with Crippen molar-refractivity contribution in [1.82, 2.24) is 5.32 Å². The molecule has 1 N–H and O–H groups in total. The van der Waals surface area contributed by atoms with Crippen LogP contribution in [-0.2, 0) is 22.6 Å². The summed E-state index contributed by atoms with van der Waals surface area (Å²) >= 11 is 1.03. The Bertz CT molecular complexity index is 1390. The third kappa shape index (κ3) is 5.42. The molecule has 0 aromatic heterocycles. The summed E-state index contributed by atoms with van der Waals surface area (Å²) in [6.07, 6.45) is 0.136. The third-order valence-electron chi connectivity index (χ3n) is 5.43. The number of hydrogen-bond acceptors (Lipinski definition) is 6. The Morgan fingerprint density at radius 3 is 2.44 bits per heavy atom. The molecule has 0 bridgehead atoms. The second-order valence-electron chi connectivity index (χ2n) is 7.85. The molecule has 0 saturated carbocycles. The average Bonchev–Trinajstić information content (AvgIpc) is 3.19. The molecule has 1 atom stereocenters. The molecule has 1 saturated heterocycles. The van der Waals surface area contributed by atoms with Crippen molar-refractivity contribution in [2.75, 3.05) is 4.90 Å². The first-order chi connectivity index (χ1) is 17.4. The summed E-state index contributed by atoms with van der Waals surface area (Å²) in [5.41, 5.74) is 1.33. The van der Waals surface area contributed by atoms with Gasteiger partial charge in [-0.25, -0.2) is 4.39 Å². The van der Waals surface area contributed by atoms with Crippen LogP contribution in [0, 0.1) is 27.3 Å². The summed E-state index contributed by atoms with van der Waals surface area (Å²) in [4.78, 5) is 38.3. The van der Waals surface area contributed by atoms with Crippen molar-refractivity contribution in [3.63, 3.8) is 0 Å². The van der Waals surface area contributed by atoms with E-state index in [2.05, 4.69) is 5.32 Å². The average molecular weight is 503 g/mol. The lowest BCUT2D eigenvalue weighted by atomic mass is 10.1. The van der Waals surface area contributed by atoms with Crippen LogP contribution < -0.4 is 10.2 Å². The molecule has 3 aromatic rings. The first-order valence-corrected chi connectivity index (χ1v) is 11.7. The zero-order valence-electron chi connectivity index (χ0n) is 18.8. The van der Waals surface area contributed by atoms with Crippen LogP contribution in [0.3, 0.4) is 0 Å². The molecule has 36 heavy (non-hydrogen) atoms. The number of rotatable bonds is 7. The Labute approximate surface area is 210 Å². The van der Waals surface area contributed by atoms with Crippen LogP contribution in [0.15, 0.2) is 89.5 Å². The largest absolute Gasteiger partial charge is 0.347 e. The second kappa shape index (κ2) is 10.8. The molecule has 8 nitrogen and oxygen atoms in total. The number of nitrogens with zero attached hydrogens (tertiary/aromatic N) is 3. The monoisotopic (exact) mass is 502 g/mol. The molecule has 10 heteroatoms. The lowest BCUT2D eigenvalue weighted by Gasteiger charge is -2.18. The molecule has 2 amide bonds. The molecule has 1 aliphatic rings. The summed E-state index contributed by atoms with van der Waals surface area (Å²) in [5, 5.41) is 23.1. The van der Waals surface area contributed by atoms with Crippen molar-refractivity contribution in [3.05, 3.63) is 117 Å². The third-order valence-corrected chi connectivity index (χ3v) is 6.69. The van der Waals surface area contributed by atoms with Gasteiger partial charge in [0.25, 0.3) is 11.6 Å². The summed E-state index contributed by atoms with van der Waals surface area (Å²) < 4.78 is 13.6. The van der Waals surface area contributed by atoms with Crippen LogP contribution in [0.5, 0.6) is 0 Å². The minimum Gasteiger partial charge on any atom is -0.347 e. The van der Waals surface area contributed by atoms with E-state index in [0.29, 0.717) is 11.3 Å². The molecule has 4 rings (SSSR count). The van der Waals surface area contributed by atoms with E-state index in [1.54, 1.807) is 6.07 Å². The number of hydrogen-bond donors (Lipinski definition) is 1. The van der Waals surface area contributed by atoms with Crippen molar-refractivity contribution in [2.24, 2.45) is 0 Å². The number of non-ortho nitro benzene ring substituents is 1. The van der Waals surface area contributed by atoms with E-state index in [4.69, 9.17) is 0 Å². The number of halogens is 1. The van der Waals surface area contributed by atoms with Gasteiger partial charge in [-0.05, 0) is 41.8 Å². The molecule has 1 heterocycles. The van der Waals surface area contributed by atoms with Crippen LogP contribution in [0.2, 0.25) is 0 Å². The molecule has 1 aliphatic heterocycles. The molecule has 0 radical (unpaired) electrons. The molecule has 3 aromatic carbocycles. The van der Waals surface area contributed by atoms with Crippen molar-refractivity contribution in [3.8, 4) is 6.07 Å². The smallest absolute Gasteiger partial charge is 0.269 e. The van der Waals surface area contributed by atoms with Crippen LogP contribution in [0.1, 0.15) is 11.1 Å². The molecule has 1 fully saturated rings. The fraction of sp³-hybridized carbons (Fsp3) is 0.115. The lowest BCUT2D eigenvalue weighted by molar-refractivity contribution is -0.384. The van der Waals surface area contributed by atoms with Crippen LogP contribution in [-0.4, -0.2) is 22.0 Å². The second-order valence-corrected chi connectivity index (χ2v) is 9.04. The van der Waals surface area contributed by atoms with Gasteiger partial charge in [0.1, 0.15) is 22.5 Å². The van der Waals surface area contributed by atoms with E-state index in [1.807, 2.05) is 36.4 Å². The van der Waals surface area contributed by atoms with Crippen molar-refractivity contribution < 1.29 is 18.9 Å². The maximum atomic E-state index is 13.6. The van der Waals surface area contributed by atoms with Gasteiger partial charge in [-0.3, -0.25) is 24.6 Å². The van der Waals surface area contributed by atoms with Crippen LogP contribution in [0.4, 0.5) is 15.8 Å². The van der Waals surface area contributed by atoms with Gasteiger partial charge < -0.3 is 5.32 Å². The number of nitrogens with one attached hydrogen (secondary N) is 1. The van der Waals surface area contributed by atoms with E-state index >= 15 is 0 Å². The molecule has 0 spiro atoms. The number of nitriles is 1. The van der Waals surface area contributed by atoms with E-state index in [-0.39, 0.29) is 29.3 Å². The number of anilines is 1. The zero-order valence-corrected chi connectivity index (χ0v) is 19.6. The van der Waals surface area contributed by atoms with Crippen LogP contribution >= 0.6 is 11.8 Å². The van der Waals surface area contributed by atoms with Gasteiger partial charge in [-0.15, -0.1) is 0 Å². The minimum atomic E-state index is -0.752. The lowest BCUT2D eigenvalue weighted by Crippen LogP contribution is -2.32. The molecule has 180 valence electrons. The highest BCUT2D eigenvalue weighted by molar-refractivity contribution is 8.05. The predicted octanol–water partition coefficient (Wildman–Crippen LogP) is 4.48. The number of carbonyl (C=O) groups is 2. The van der Waals surface area contributed by atoms with Gasteiger partial charge in [0.2, 0.25) is 5.91 Å². The summed E-state index contributed by atoms with van der Waals surface area (Å²) in [6, 6.07) is 22.1. The van der Waals surface area contributed by atoms with Crippen LogP contribution in [0.25, 0.3) is 0 Å². The van der Waals surface area contributed by atoms with Crippen molar-refractivity contribution in [1.29, 1.82) is 5.26 Å². The highest BCUT2D eigenvalue weighted by atomic mass is 32.2. The number of carbonyl (C=O) groups excluding carboxylic acids is 2. The fourth-order valence-electron chi connectivity index (χ4n) is 3.69. The van der Waals surface area contributed by atoms with Crippen molar-refractivity contribution in [2.45, 2.75) is 18.2 Å². The molecule has 0 aliphatic carbocycles. The zero-order chi connectivity index (χ0) is 25.7. The summed E-state index contributed by atoms with van der Waals surface area (Å²) in [6.45, 7) is 0.185. The standard InChI is InChI=1S/C26H19FN4O4S/c27-19-9-11-20(12-10-19)30-25(33)23(14-18-7-4-8-21(13-18)31(34)35)36-26(30)22(15-28)24(32)29-16-17-5-2-1-3-6-17/h1-13,23H,14,16H2,(H,29,32)/b26-22-/t23-/m0/s1. The highest BCUT2D eigenvalue weighted by Crippen LogP contribution is 2.42. The maximum absolute atomic E-state index is 13.6. The normalized spacial score (nSPS) is 16.4. The molecule has 0 unspecified atom stereocenters. The van der Waals surface area contributed by atoms with E-state index in [1.165, 1.54) is 47.4 Å². The van der Waals surface area contributed by atoms with Crippen molar-refractivity contribution >= 4 is 35.0 Å². The minimum absolute atomic E-state index is 0.105. The first kappa shape index (κ1) is 24.6. The SMILES string of the molecule is N#C/C(C(=O)NCc1ccccc1)=C1/S[C@@H](Cc2cccc([N+](=O)[O-])c2)C(=O)N1c1ccc(F)cc1. The quantitative estimate of drug-likeness (QED) is 0.220. The first-order valence-electron chi connectivity index (χ1n) is 10.8. The Hall–Kier alpha value is -4.49. The van der Waals surface area contributed by atoms with E-state index in [9.17, 15) is 29.4 Å². The molecular formula is C26H19FN4O4S. The maximum Gasteiger partial charge on any atom is 0.269 e. The Morgan fingerprint density at radius 2 is 1.78 bits per heavy atom. The Morgan fingerprint density at radius 1 is 1.08 bits per heavy atom.